The van der Waals surface area contributed by atoms with Gasteiger partial charge in [-0.25, -0.2) is 4.68 Å². The number of nitrogens with zero attached hydrogens (tertiary/aromatic N) is 6. The molecule has 178 valence electrons. The number of anilines is 2. The molecule has 0 spiro atoms. The van der Waals surface area contributed by atoms with Crippen molar-refractivity contribution in [3.63, 3.8) is 0 Å². The molecule has 5 rings (SSSR count). The van der Waals surface area contributed by atoms with Crippen LogP contribution in [0.5, 0.6) is 0 Å². The summed E-state index contributed by atoms with van der Waals surface area (Å²) in [4.78, 5) is 6.96. The summed E-state index contributed by atoms with van der Waals surface area (Å²) >= 11 is 6.59. The Bertz CT molecular complexity index is 1200. The second kappa shape index (κ2) is 9.77. The third-order valence-corrected chi connectivity index (χ3v) is 7.42. The number of nitrogens with one attached hydrogen (secondary N) is 2. The van der Waals surface area contributed by atoms with Crippen molar-refractivity contribution in [3.8, 4) is 6.07 Å². The Labute approximate surface area is 205 Å². The molecule has 1 saturated carbocycles. The van der Waals surface area contributed by atoms with Crippen LogP contribution in [0, 0.1) is 11.3 Å². The van der Waals surface area contributed by atoms with Crippen molar-refractivity contribution in [2.24, 2.45) is 0 Å². The van der Waals surface area contributed by atoms with Gasteiger partial charge < -0.3 is 15.5 Å². The van der Waals surface area contributed by atoms with E-state index in [-0.39, 0.29) is 0 Å². The van der Waals surface area contributed by atoms with Crippen molar-refractivity contribution in [1.82, 2.24) is 24.9 Å². The number of halogens is 1. The molecule has 2 fully saturated rings. The lowest BCUT2D eigenvalue weighted by Crippen LogP contribution is -2.39. The van der Waals surface area contributed by atoms with E-state index in [1.165, 1.54) is 6.42 Å². The molecule has 0 bridgehead atoms. The van der Waals surface area contributed by atoms with Gasteiger partial charge in [-0.3, -0.25) is 4.98 Å². The number of pyridine rings is 1. The highest BCUT2D eigenvalue weighted by molar-refractivity contribution is 6.35. The third-order valence-electron chi connectivity index (χ3n) is 7.13. The molecule has 9 heteroatoms. The smallest absolute Gasteiger partial charge is 0.103 e. The molecule has 1 aliphatic heterocycles. The SMILES string of the molecule is CC(C)N1CCC(n2cc(CNc3cc(Cl)c4ncc(C#N)c(NC5CCC5)c4c3)nn2)CC1. The van der Waals surface area contributed by atoms with Crippen LogP contribution in [0.2, 0.25) is 5.02 Å². The summed E-state index contributed by atoms with van der Waals surface area (Å²) in [5.41, 5.74) is 3.82. The van der Waals surface area contributed by atoms with Crippen molar-refractivity contribution in [3.05, 3.63) is 40.8 Å². The van der Waals surface area contributed by atoms with E-state index in [9.17, 15) is 5.26 Å². The number of hydrogen-bond acceptors (Lipinski definition) is 7. The lowest BCUT2D eigenvalue weighted by Gasteiger charge is -2.34. The Morgan fingerprint density at radius 3 is 2.68 bits per heavy atom. The van der Waals surface area contributed by atoms with Gasteiger partial charge >= 0.3 is 0 Å². The molecule has 1 aliphatic carbocycles. The predicted molar refractivity (Wildman–Crippen MR) is 135 cm³/mol. The van der Waals surface area contributed by atoms with Crippen molar-refractivity contribution in [2.75, 3.05) is 23.7 Å². The van der Waals surface area contributed by atoms with Gasteiger partial charge in [0.05, 0.1) is 40.6 Å². The summed E-state index contributed by atoms with van der Waals surface area (Å²) in [6, 6.07) is 7.56. The van der Waals surface area contributed by atoms with Gasteiger partial charge in [0.1, 0.15) is 11.8 Å². The summed E-state index contributed by atoms with van der Waals surface area (Å²) in [6.45, 7) is 7.25. The number of benzene rings is 1. The molecule has 1 saturated heterocycles. The molecule has 34 heavy (non-hydrogen) atoms. The Balaban J connectivity index is 1.31. The summed E-state index contributed by atoms with van der Waals surface area (Å²) in [7, 11) is 0. The molecule has 2 aromatic heterocycles. The van der Waals surface area contributed by atoms with E-state index in [1.807, 2.05) is 23.0 Å². The van der Waals surface area contributed by atoms with Gasteiger partial charge in [0.2, 0.25) is 0 Å². The average Bonchev–Trinajstić information content (AvgIpc) is 3.29. The molecule has 0 radical (unpaired) electrons. The predicted octanol–water partition coefficient (Wildman–Crippen LogP) is 4.97. The standard InChI is InChI=1S/C25H31ClN8/c1-16(2)33-8-6-21(7-9-33)34-15-20(31-32-34)14-28-19-10-22-24(30-18-4-3-5-18)17(12-27)13-29-25(22)23(26)11-19/h10-11,13,15-16,18,21,28H,3-9,14H2,1-2H3,(H,29,30). The summed E-state index contributed by atoms with van der Waals surface area (Å²) < 4.78 is 2.02. The Morgan fingerprint density at radius 2 is 2.00 bits per heavy atom. The molecular weight excluding hydrogens is 448 g/mol. The van der Waals surface area contributed by atoms with Crippen LogP contribution in [-0.2, 0) is 6.54 Å². The summed E-state index contributed by atoms with van der Waals surface area (Å²) in [6.07, 6.45) is 9.29. The fraction of sp³-hybridized carbons (Fsp3) is 0.520. The van der Waals surface area contributed by atoms with Gasteiger partial charge in [-0.15, -0.1) is 5.10 Å². The number of nitriles is 1. The largest absolute Gasteiger partial charge is 0.381 e. The second-order valence-electron chi connectivity index (χ2n) is 9.69. The van der Waals surface area contributed by atoms with Gasteiger partial charge in [0.15, 0.2) is 0 Å². The zero-order chi connectivity index (χ0) is 23.7. The van der Waals surface area contributed by atoms with Gasteiger partial charge in [0.25, 0.3) is 0 Å². The first-order chi connectivity index (χ1) is 16.5. The number of piperidine rings is 1. The van der Waals surface area contributed by atoms with E-state index < -0.39 is 0 Å². The number of hydrogen-bond donors (Lipinski definition) is 2. The van der Waals surface area contributed by atoms with E-state index in [0.29, 0.717) is 40.8 Å². The van der Waals surface area contributed by atoms with E-state index in [1.54, 1.807) is 6.20 Å². The maximum atomic E-state index is 9.62. The van der Waals surface area contributed by atoms with Gasteiger partial charge in [0, 0.05) is 42.4 Å². The van der Waals surface area contributed by atoms with Gasteiger partial charge in [-0.2, -0.15) is 5.26 Å². The summed E-state index contributed by atoms with van der Waals surface area (Å²) in [5.74, 6) is 0. The van der Waals surface area contributed by atoms with E-state index in [0.717, 1.165) is 61.2 Å². The molecule has 1 aromatic carbocycles. The first kappa shape index (κ1) is 22.9. The Morgan fingerprint density at radius 1 is 1.21 bits per heavy atom. The molecule has 3 heterocycles. The van der Waals surface area contributed by atoms with Crippen LogP contribution in [0.15, 0.2) is 24.5 Å². The normalized spacial score (nSPS) is 17.6. The van der Waals surface area contributed by atoms with Crippen LogP contribution < -0.4 is 10.6 Å². The van der Waals surface area contributed by atoms with E-state index >= 15 is 0 Å². The number of fused-ring (bicyclic) bond motifs is 1. The van der Waals surface area contributed by atoms with Gasteiger partial charge in [-0.05, 0) is 58.1 Å². The zero-order valence-electron chi connectivity index (χ0n) is 19.8. The van der Waals surface area contributed by atoms with Crippen LogP contribution in [0.1, 0.15) is 63.3 Å². The molecule has 0 unspecified atom stereocenters. The highest BCUT2D eigenvalue weighted by Crippen LogP contribution is 2.35. The quantitative estimate of drug-likeness (QED) is 0.494. The van der Waals surface area contributed by atoms with Crippen molar-refractivity contribution < 1.29 is 0 Å². The van der Waals surface area contributed by atoms with E-state index in [4.69, 9.17) is 11.6 Å². The maximum absolute atomic E-state index is 9.62. The zero-order valence-corrected chi connectivity index (χ0v) is 20.5. The topological polar surface area (TPSA) is 94.7 Å². The molecular formula is C25H31ClN8. The summed E-state index contributed by atoms with van der Waals surface area (Å²) in [5, 5.41) is 26.8. The minimum atomic E-state index is 0.399. The highest BCUT2D eigenvalue weighted by Gasteiger charge is 2.23. The molecule has 0 atom stereocenters. The molecule has 2 N–H and O–H groups in total. The van der Waals surface area contributed by atoms with Crippen molar-refractivity contribution >= 4 is 33.9 Å². The lowest BCUT2D eigenvalue weighted by atomic mass is 9.92. The molecule has 2 aliphatic rings. The third kappa shape index (κ3) is 4.68. The van der Waals surface area contributed by atoms with Crippen molar-refractivity contribution in [1.29, 1.82) is 5.26 Å². The number of likely N-dealkylation sites (tertiary alicyclic amines) is 1. The Hall–Kier alpha value is -2.89. The first-order valence-electron chi connectivity index (χ1n) is 12.2. The number of rotatable bonds is 7. The van der Waals surface area contributed by atoms with E-state index in [2.05, 4.69) is 50.7 Å². The van der Waals surface area contributed by atoms with Crippen LogP contribution in [0.25, 0.3) is 10.9 Å². The number of aromatic nitrogens is 4. The minimum absolute atomic E-state index is 0.399. The average molecular weight is 479 g/mol. The molecule has 0 amide bonds. The molecule has 8 nitrogen and oxygen atoms in total. The monoisotopic (exact) mass is 478 g/mol. The second-order valence-corrected chi connectivity index (χ2v) is 10.1. The highest BCUT2D eigenvalue weighted by atomic mass is 35.5. The van der Waals surface area contributed by atoms with Crippen LogP contribution in [0.4, 0.5) is 11.4 Å². The van der Waals surface area contributed by atoms with Crippen LogP contribution in [0.3, 0.4) is 0 Å². The molecule has 3 aromatic rings. The van der Waals surface area contributed by atoms with Crippen LogP contribution in [-0.4, -0.2) is 50.1 Å². The fourth-order valence-corrected chi connectivity index (χ4v) is 5.06. The first-order valence-corrected chi connectivity index (χ1v) is 12.6. The van der Waals surface area contributed by atoms with Crippen LogP contribution >= 0.6 is 11.6 Å². The van der Waals surface area contributed by atoms with Gasteiger partial charge in [-0.1, -0.05) is 16.8 Å². The van der Waals surface area contributed by atoms with Crippen molar-refractivity contribution in [2.45, 2.75) is 70.6 Å². The lowest BCUT2D eigenvalue weighted by molar-refractivity contribution is 0.146. The fourth-order valence-electron chi connectivity index (χ4n) is 4.79. The Kier molecular flexibility index (Phi) is 6.57. The minimum Gasteiger partial charge on any atom is -0.381 e. The maximum Gasteiger partial charge on any atom is 0.103 e.